The van der Waals surface area contributed by atoms with Crippen molar-refractivity contribution >= 4 is 6.03 Å². The van der Waals surface area contributed by atoms with Crippen LogP contribution >= 0.6 is 0 Å². The maximum Gasteiger partial charge on any atom is 0.416 e. The second kappa shape index (κ2) is 8.12. The highest BCUT2D eigenvalue weighted by Crippen LogP contribution is 2.31. The van der Waals surface area contributed by atoms with Crippen molar-refractivity contribution in [3.8, 4) is 0 Å². The highest BCUT2D eigenvalue weighted by atomic mass is 19.4. The smallest absolute Gasteiger partial charge is 0.332 e. The van der Waals surface area contributed by atoms with Crippen LogP contribution in [0.1, 0.15) is 48.2 Å². The normalized spacial score (nSPS) is 14.3. The Balaban J connectivity index is 2.04. The highest BCUT2D eigenvalue weighted by molar-refractivity contribution is 5.75. The number of carbonyl (C=O) groups is 1. The van der Waals surface area contributed by atoms with E-state index in [1.165, 1.54) is 38.1 Å². The van der Waals surface area contributed by atoms with Crippen LogP contribution in [0.25, 0.3) is 0 Å². The molecule has 28 heavy (non-hydrogen) atoms. The molecule has 3 nitrogen and oxygen atoms in total. The Morgan fingerprint density at radius 3 is 1.43 bits per heavy atom. The summed E-state index contributed by atoms with van der Waals surface area (Å²) in [7, 11) is 0. The fourth-order valence-electron chi connectivity index (χ4n) is 2.57. The summed E-state index contributed by atoms with van der Waals surface area (Å²) >= 11 is 0. The fourth-order valence-corrected chi connectivity index (χ4v) is 2.57. The molecule has 0 aliphatic rings. The molecule has 0 heterocycles. The predicted molar refractivity (Wildman–Crippen MR) is 91.4 cm³/mol. The topological polar surface area (TPSA) is 41.1 Å². The van der Waals surface area contributed by atoms with Crippen LogP contribution in [0, 0.1) is 0 Å². The lowest BCUT2D eigenvalue weighted by Crippen LogP contribution is -2.38. The Kier molecular flexibility index (Phi) is 6.26. The average molecular weight is 404 g/mol. The first-order chi connectivity index (χ1) is 12.9. The number of carbonyl (C=O) groups excluding carboxylic acids is 1. The van der Waals surface area contributed by atoms with Gasteiger partial charge in [-0.05, 0) is 49.2 Å². The lowest BCUT2D eigenvalue weighted by Gasteiger charge is -2.20. The Bertz CT molecular complexity index is 764. The monoisotopic (exact) mass is 404 g/mol. The Hall–Kier alpha value is -2.71. The van der Waals surface area contributed by atoms with Gasteiger partial charge in [0.25, 0.3) is 0 Å². The zero-order chi connectivity index (χ0) is 21.1. The minimum Gasteiger partial charge on any atom is -0.332 e. The van der Waals surface area contributed by atoms with Gasteiger partial charge in [-0.25, -0.2) is 4.79 Å². The van der Waals surface area contributed by atoms with Crippen molar-refractivity contribution in [1.82, 2.24) is 10.6 Å². The van der Waals surface area contributed by atoms with Gasteiger partial charge in [-0.3, -0.25) is 0 Å². The van der Waals surface area contributed by atoms with E-state index in [1.807, 2.05) is 0 Å². The van der Waals surface area contributed by atoms with Crippen LogP contribution in [0.2, 0.25) is 0 Å². The second-order valence-electron chi connectivity index (χ2n) is 6.31. The first-order valence-electron chi connectivity index (χ1n) is 8.29. The molecule has 9 heteroatoms. The number of hydrogen-bond donors (Lipinski definition) is 2. The molecule has 0 aliphatic carbocycles. The summed E-state index contributed by atoms with van der Waals surface area (Å²) in [6.45, 7) is 3.01. The molecule has 2 unspecified atom stereocenters. The summed E-state index contributed by atoms with van der Waals surface area (Å²) in [5.41, 5.74) is -1.18. The first kappa shape index (κ1) is 21.6. The molecule has 0 saturated heterocycles. The van der Waals surface area contributed by atoms with Crippen molar-refractivity contribution in [2.75, 3.05) is 0 Å². The van der Waals surface area contributed by atoms with Crippen molar-refractivity contribution in [2.24, 2.45) is 0 Å². The van der Waals surface area contributed by atoms with Gasteiger partial charge in [-0.15, -0.1) is 0 Å². The minimum absolute atomic E-state index is 0.247. The van der Waals surface area contributed by atoms with Crippen molar-refractivity contribution in [2.45, 2.75) is 38.3 Å². The SMILES string of the molecule is CC(NC(=O)NC(C)c1cccc(C(F)(F)F)c1)c1cccc(C(F)(F)F)c1. The largest absolute Gasteiger partial charge is 0.416 e. The standard InChI is InChI=1S/C19H18F6N2O/c1-11(13-5-3-7-15(9-13)18(20,21)22)26-17(28)27-12(2)14-6-4-8-16(10-14)19(23,24)25/h3-12H,1-2H3,(H2,26,27,28). The maximum atomic E-state index is 12.8. The molecule has 0 bridgehead atoms. The molecule has 2 aromatic carbocycles. The molecule has 0 aliphatic heterocycles. The number of amides is 2. The lowest BCUT2D eigenvalue weighted by atomic mass is 10.0. The third-order valence-corrected chi connectivity index (χ3v) is 4.12. The fraction of sp³-hybridized carbons (Fsp3) is 0.316. The average Bonchev–Trinajstić information content (AvgIpc) is 2.60. The van der Waals surface area contributed by atoms with E-state index in [4.69, 9.17) is 0 Å². The van der Waals surface area contributed by atoms with Crippen LogP contribution < -0.4 is 10.6 Å². The van der Waals surface area contributed by atoms with Gasteiger partial charge in [-0.1, -0.05) is 24.3 Å². The number of halogens is 6. The van der Waals surface area contributed by atoms with Crippen LogP contribution in [0.4, 0.5) is 31.1 Å². The van der Waals surface area contributed by atoms with E-state index >= 15 is 0 Å². The van der Waals surface area contributed by atoms with Crippen molar-refractivity contribution in [1.29, 1.82) is 0 Å². The zero-order valence-electron chi connectivity index (χ0n) is 14.9. The van der Waals surface area contributed by atoms with Gasteiger partial charge in [0.15, 0.2) is 0 Å². The van der Waals surface area contributed by atoms with Gasteiger partial charge < -0.3 is 10.6 Å². The number of nitrogens with one attached hydrogen (secondary N) is 2. The van der Waals surface area contributed by atoms with Gasteiger partial charge in [0.2, 0.25) is 0 Å². The van der Waals surface area contributed by atoms with E-state index < -0.39 is 41.6 Å². The van der Waals surface area contributed by atoms with Crippen LogP contribution in [0.15, 0.2) is 48.5 Å². The van der Waals surface area contributed by atoms with Crippen LogP contribution in [-0.2, 0) is 12.4 Å². The third-order valence-electron chi connectivity index (χ3n) is 4.12. The van der Waals surface area contributed by atoms with E-state index in [-0.39, 0.29) is 11.1 Å². The van der Waals surface area contributed by atoms with Crippen LogP contribution in [-0.4, -0.2) is 6.03 Å². The number of alkyl halides is 6. The summed E-state index contributed by atoms with van der Waals surface area (Å²) in [6.07, 6.45) is -9.01. The summed E-state index contributed by atoms with van der Waals surface area (Å²) in [5, 5.41) is 4.96. The van der Waals surface area contributed by atoms with Crippen molar-refractivity contribution < 1.29 is 31.1 Å². The maximum absolute atomic E-state index is 12.8. The minimum atomic E-state index is -4.50. The van der Waals surface area contributed by atoms with Gasteiger partial charge in [-0.2, -0.15) is 26.3 Å². The molecule has 0 radical (unpaired) electrons. The molecular weight excluding hydrogens is 386 g/mol. The number of rotatable bonds is 4. The first-order valence-corrected chi connectivity index (χ1v) is 8.29. The van der Waals surface area contributed by atoms with E-state index in [1.54, 1.807) is 0 Å². The van der Waals surface area contributed by atoms with E-state index in [0.717, 1.165) is 24.3 Å². The molecule has 2 amide bonds. The number of benzene rings is 2. The van der Waals surface area contributed by atoms with Gasteiger partial charge in [0, 0.05) is 0 Å². The molecule has 0 saturated carbocycles. The molecule has 0 aromatic heterocycles. The van der Waals surface area contributed by atoms with Gasteiger partial charge >= 0.3 is 18.4 Å². The molecule has 2 atom stereocenters. The Morgan fingerprint density at radius 1 is 0.750 bits per heavy atom. The summed E-state index contributed by atoms with van der Waals surface area (Å²) < 4.78 is 76.7. The summed E-state index contributed by atoms with van der Waals surface area (Å²) in [4.78, 5) is 12.1. The third kappa shape index (κ3) is 5.64. The van der Waals surface area contributed by atoms with E-state index in [9.17, 15) is 31.1 Å². The van der Waals surface area contributed by atoms with Gasteiger partial charge in [0.05, 0.1) is 23.2 Å². The predicted octanol–water partition coefficient (Wildman–Crippen LogP) is 5.85. The number of hydrogen-bond acceptors (Lipinski definition) is 1. The van der Waals surface area contributed by atoms with Crippen LogP contribution in [0.5, 0.6) is 0 Å². The molecule has 2 N–H and O–H groups in total. The van der Waals surface area contributed by atoms with Crippen molar-refractivity contribution in [3.63, 3.8) is 0 Å². The second-order valence-corrected chi connectivity index (χ2v) is 6.31. The number of urea groups is 1. The van der Waals surface area contributed by atoms with E-state index in [2.05, 4.69) is 10.6 Å². The molecule has 2 aromatic rings. The van der Waals surface area contributed by atoms with Crippen LogP contribution in [0.3, 0.4) is 0 Å². The van der Waals surface area contributed by atoms with Crippen molar-refractivity contribution in [3.05, 3.63) is 70.8 Å². The molecule has 0 spiro atoms. The molecule has 0 fully saturated rings. The van der Waals surface area contributed by atoms with E-state index in [0.29, 0.717) is 0 Å². The summed E-state index contributed by atoms with van der Waals surface area (Å²) in [5.74, 6) is 0. The molecular formula is C19H18F6N2O. The van der Waals surface area contributed by atoms with Gasteiger partial charge in [0.1, 0.15) is 0 Å². The highest BCUT2D eigenvalue weighted by Gasteiger charge is 2.31. The quantitative estimate of drug-likeness (QED) is 0.617. The zero-order valence-corrected chi connectivity index (χ0v) is 14.9. The Labute approximate surface area is 157 Å². The lowest BCUT2D eigenvalue weighted by molar-refractivity contribution is -0.138. The molecule has 2 rings (SSSR count). The Morgan fingerprint density at radius 2 is 1.11 bits per heavy atom. The molecule has 152 valence electrons. The summed E-state index contributed by atoms with van der Waals surface area (Å²) in [6, 6.07) is 6.87.